The van der Waals surface area contributed by atoms with Gasteiger partial charge in [-0.05, 0) is 111 Å². The van der Waals surface area contributed by atoms with Crippen LogP contribution in [0.1, 0.15) is 35.6 Å². The normalized spacial score (nSPS) is 15.1. The minimum absolute atomic E-state index is 0.172. The molecule has 2 heteroatoms. The van der Waals surface area contributed by atoms with Gasteiger partial charge in [-0.3, -0.25) is 0 Å². The third-order valence-corrected chi connectivity index (χ3v) is 13.6. The van der Waals surface area contributed by atoms with Gasteiger partial charge in [0.25, 0.3) is 0 Å². The van der Waals surface area contributed by atoms with E-state index in [0.29, 0.717) is 0 Å². The van der Waals surface area contributed by atoms with Gasteiger partial charge in [0.1, 0.15) is 0 Å². The van der Waals surface area contributed by atoms with E-state index >= 15 is 0 Å². The molecule has 12 rings (SSSR count). The molecule has 2 nitrogen and oxygen atoms in total. The van der Waals surface area contributed by atoms with E-state index in [0.717, 1.165) is 28.7 Å². The van der Waals surface area contributed by atoms with E-state index in [1.54, 1.807) is 0 Å². The molecule has 9 aromatic carbocycles. The van der Waals surface area contributed by atoms with Gasteiger partial charge in [-0.2, -0.15) is 0 Å². The standard InChI is InChI=1S/C62H44N2/c1-43-41-54-56(42-60(43)63(50-37-33-46(34-38-50)44-19-6-2-7-20-44)51-39-35-47(36-40-51)45-21-8-3-9-22-45)62(48-23-10-4-11-24-48,49-25-12-5-13-26-49)55-29-18-32-59(61(54)55)64-57-30-16-14-27-52(57)53-28-15-17-31-58(53)64/h2-14,16-27,29-40,42-43H,41H2,1H3. The van der Waals surface area contributed by atoms with Crippen molar-refractivity contribution < 1.29 is 0 Å². The number of allylic oxidation sites excluding steroid dienone is 4. The third kappa shape index (κ3) is 5.89. The molecule has 2 aliphatic carbocycles. The maximum absolute atomic E-state index is 3.48. The minimum Gasteiger partial charge on any atom is -0.314 e. The van der Waals surface area contributed by atoms with Crippen LogP contribution in [-0.2, 0) is 5.41 Å². The fraction of sp³-hybridized carbons (Fsp3) is 0.0645. The van der Waals surface area contributed by atoms with Crippen LogP contribution < -0.4 is 4.90 Å². The van der Waals surface area contributed by atoms with Gasteiger partial charge in [0.05, 0.1) is 27.5 Å². The molecule has 0 radical (unpaired) electrons. The van der Waals surface area contributed by atoms with Gasteiger partial charge in [0, 0.05) is 33.9 Å². The second kappa shape index (κ2) is 15.3. The van der Waals surface area contributed by atoms with Crippen molar-refractivity contribution in [3.63, 3.8) is 0 Å². The van der Waals surface area contributed by atoms with E-state index in [2.05, 4.69) is 253 Å². The summed E-state index contributed by atoms with van der Waals surface area (Å²) in [5.41, 5.74) is 19.1. The average Bonchev–Trinajstić information content (AvgIpc) is 3.86. The maximum Gasteiger partial charge on any atom is 0.0711 e. The second-order valence-electron chi connectivity index (χ2n) is 17.1. The third-order valence-electron chi connectivity index (χ3n) is 13.6. The molecule has 1 aromatic heterocycles. The van der Waals surface area contributed by atoms with Crippen molar-refractivity contribution >= 4 is 38.8 Å². The molecule has 0 saturated heterocycles. The molecule has 1 unspecified atom stereocenters. The van der Waals surface area contributed by atoms with Crippen LogP contribution in [0.3, 0.4) is 0 Å². The fourth-order valence-electron chi connectivity index (χ4n) is 10.8. The fourth-order valence-corrected chi connectivity index (χ4v) is 10.8. The number of para-hydroxylation sites is 1. The summed E-state index contributed by atoms with van der Waals surface area (Å²) in [7, 11) is 0. The molecule has 2 aliphatic rings. The number of fused-ring (bicyclic) bond motifs is 5. The number of anilines is 2. The van der Waals surface area contributed by atoms with Crippen molar-refractivity contribution in [2.24, 2.45) is 5.92 Å². The van der Waals surface area contributed by atoms with Crippen LogP contribution in [-0.4, -0.2) is 4.57 Å². The minimum atomic E-state index is -0.590. The maximum atomic E-state index is 3.48. The van der Waals surface area contributed by atoms with Crippen LogP contribution in [0.5, 0.6) is 0 Å². The molecular formula is C62H44N2. The lowest BCUT2D eigenvalue weighted by Crippen LogP contribution is -2.32. The summed E-state index contributed by atoms with van der Waals surface area (Å²) in [5, 5.41) is 2.27. The van der Waals surface area contributed by atoms with Gasteiger partial charge >= 0.3 is 0 Å². The Morgan fingerprint density at radius 3 is 1.64 bits per heavy atom. The van der Waals surface area contributed by atoms with Crippen molar-refractivity contribution in [2.45, 2.75) is 18.8 Å². The lowest BCUT2D eigenvalue weighted by molar-refractivity contribution is 0.664. The van der Waals surface area contributed by atoms with Gasteiger partial charge in [0.15, 0.2) is 0 Å². The highest BCUT2D eigenvalue weighted by Crippen LogP contribution is 2.60. The average molecular weight is 817 g/mol. The number of nitrogens with zero attached hydrogens (tertiary/aromatic N) is 2. The molecule has 0 bridgehead atoms. The quantitative estimate of drug-likeness (QED) is 0.148. The highest BCUT2D eigenvalue weighted by molar-refractivity contribution is 6.09. The summed E-state index contributed by atoms with van der Waals surface area (Å²) in [6.45, 7) is 2.41. The first kappa shape index (κ1) is 37.6. The Bertz CT molecular complexity index is 3200. The number of hydrogen-bond donors (Lipinski definition) is 0. The van der Waals surface area contributed by atoms with Crippen molar-refractivity contribution in [1.82, 2.24) is 4.57 Å². The van der Waals surface area contributed by atoms with Crippen molar-refractivity contribution in [3.8, 4) is 27.9 Å². The summed E-state index contributed by atoms with van der Waals surface area (Å²) >= 11 is 0. The van der Waals surface area contributed by atoms with Crippen LogP contribution in [0.15, 0.2) is 242 Å². The number of aromatic nitrogens is 1. The van der Waals surface area contributed by atoms with E-state index in [1.165, 1.54) is 77.9 Å². The number of hydrogen-bond acceptors (Lipinski definition) is 1. The molecule has 10 aromatic rings. The Labute approximate surface area is 375 Å². The van der Waals surface area contributed by atoms with Gasteiger partial charge in [-0.1, -0.05) is 195 Å². The Hall–Kier alpha value is -8.12. The monoisotopic (exact) mass is 816 g/mol. The van der Waals surface area contributed by atoms with Gasteiger partial charge in [0.2, 0.25) is 0 Å². The Morgan fingerprint density at radius 2 is 1.05 bits per heavy atom. The highest BCUT2D eigenvalue weighted by atomic mass is 15.2. The van der Waals surface area contributed by atoms with Crippen LogP contribution in [0.4, 0.5) is 11.4 Å². The first-order chi connectivity index (χ1) is 31.7. The second-order valence-corrected chi connectivity index (χ2v) is 17.1. The molecule has 0 amide bonds. The molecular weight excluding hydrogens is 773 g/mol. The van der Waals surface area contributed by atoms with E-state index in [4.69, 9.17) is 0 Å². The summed E-state index contributed by atoms with van der Waals surface area (Å²) in [6, 6.07) is 88.7. The predicted molar refractivity (Wildman–Crippen MR) is 266 cm³/mol. The van der Waals surface area contributed by atoms with Crippen LogP contribution >= 0.6 is 0 Å². The lowest BCUT2D eigenvalue weighted by Gasteiger charge is -2.39. The first-order valence-electron chi connectivity index (χ1n) is 22.3. The van der Waals surface area contributed by atoms with Crippen molar-refractivity contribution in [3.05, 3.63) is 276 Å². The summed E-state index contributed by atoms with van der Waals surface area (Å²) in [5.74, 6) is 0.172. The predicted octanol–water partition coefficient (Wildman–Crippen LogP) is 15.6. The first-order valence-corrected chi connectivity index (χ1v) is 22.3. The molecule has 64 heavy (non-hydrogen) atoms. The van der Waals surface area contributed by atoms with Gasteiger partial charge < -0.3 is 9.47 Å². The molecule has 0 fully saturated rings. The van der Waals surface area contributed by atoms with Gasteiger partial charge in [-0.15, -0.1) is 0 Å². The van der Waals surface area contributed by atoms with E-state index < -0.39 is 5.41 Å². The summed E-state index contributed by atoms with van der Waals surface area (Å²) in [4.78, 5) is 2.52. The molecule has 0 spiro atoms. The highest BCUT2D eigenvalue weighted by Gasteiger charge is 2.50. The molecule has 1 atom stereocenters. The Balaban J connectivity index is 1.13. The molecule has 0 aliphatic heterocycles. The lowest BCUT2D eigenvalue weighted by atomic mass is 9.66. The zero-order valence-corrected chi connectivity index (χ0v) is 35.6. The summed E-state index contributed by atoms with van der Waals surface area (Å²) in [6.07, 6.45) is 3.43. The van der Waals surface area contributed by atoms with Crippen LogP contribution in [0, 0.1) is 18.1 Å². The number of benzene rings is 8. The SMILES string of the molecule is CC1CC2=C(C=C1N(c1ccc(-c3ccccc3)cc1)c1ccc(-c3ccccc3)cc1)C(c1ccccc1)(c1ccccc1)c1cccc(-n3c4ccc#cc4c4ccccc43)c12. The van der Waals surface area contributed by atoms with Gasteiger partial charge in [-0.25, -0.2) is 0 Å². The van der Waals surface area contributed by atoms with E-state index in [1.807, 2.05) is 6.07 Å². The Kier molecular flexibility index (Phi) is 9.02. The topological polar surface area (TPSA) is 8.17 Å². The van der Waals surface area contributed by atoms with Crippen molar-refractivity contribution in [1.29, 1.82) is 0 Å². The zero-order chi connectivity index (χ0) is 42.6. The molecule has 1 heterocycles. The number of rotatable bonds is 8. The van der Waals surface area contributed by atoms with Crippen molar-refractivity contribution in [2.75, 3.05) is 4.90 Å². The Morgan fingerprint density at radius 1 is 0.516 bits per heavy atom. The smallest absolute Gasteiger partial charge is 0.0711 e. The molecule has 0 saturated carbocycles. The molecule has 0 N–H and O–H groups in total. The molecule has 302 valence electrons. The van der Waals surface area contributed by atoms with E-state index in [-0.39, 0.29) is 5.92 Å². The summed E-state index contributed by atoms with van der Waals surface area (Å²) < 4.78 is 2.48. The van der Waals surface area contributed by atoms with E-state index in [9.17, 15) is 0 Å². The van der Waals surface area contributed by atoms with Crippen LogP contribution in [0.25, 0.3) is 55.3 Å². The van der Waals surface area contributed by atoms with Crippen LogP contribution in [0.2, 0.25) is 0 Å². The zero-order valence-electron chi connectivity index (χ0n) is 35.6. The largest absolute Gasteiger partial charge is 0.314 e.